The molecule has 1 heterocycles. The molecular formula is C23H22N2O5S. The molecule has 0 radical (unpaired) electrons. The molecule has 2 aromatic carbocycles. The molecule has 0 aliphatic rings. The molecule has 0 aliphatic heterocycles. The first-order chi connectivity index (χ1) is 14.9. The number of rotatable bonds is 9. The second-order valence-corrected chi connectivity index (χ2v) is 7.52. The molecule has 7 nitrogen and oxygen atoms in total. The zero-order valence-corrected chi connectivity index (χ0v) is 17.9. The molecule has 0 spiro atoms. The lowest BCUT2D eigenvalue weighted by Crippen LogP contribution is -2.08. The van der Waals surface area contributed by atoms with Gasteiger partial charge in [0.2, 0.25) is 5.91 Å². The second kappa shape index (κ2) is 10.4. The molecule has 1 amide bonds. The Bertz CT molecular complexity index is 1110. The van der Waals surface area contributed by atoms with Crippen molar-refractivity contribution in [1.82, 2.24) is 4.98 Å². The van der Waals surface area contributed by atoms with Crippen LogP contribution in [0.1, 0.15) is 22.4 Å². The van der Waals surface area contributed by atoms with Crippen LogP contribution in [0.5, 0.6) is 11.5 Å². The summed E-state index contributed by atoms with van der Waals surface area (Å²) in [6.07, 6.45) is 2.84. The van der Waals surface area contributed by atoms with Crippen molar-refractivity contribution < 1.29 is 24.2 Å². The molecule has 0 saturated carbocycles. The van der Waals surface area contributed by atoms with Gasteiger partial charge in [0.25, 0.3) is 0 Å². The summed E-state index contributed by atoms with van der Waals surface area (Å²) in [5.41, 5.74) is 3.42. The van der Waals surface area contributed by atoms with E-state index in [1.54, 1.807) is 30.7 Å². The molecule has 8 heteroatoms. The van der Waals surface area contributed by atoms with Gasteiger partial charge in [-0.3, -0.25) is 14.9 Å². The predicted molar refractivity (Wildman–Crippen MR) is 120 cm³/mol. The van der Waals surface area contributed by atoms with Gasteiger partial charge < -0.3 is 14.6 Å². The number of aromatic nitrogens is 1. The smallest absolute Gasteiger partial charge is 0.309 e. The maximum atomic E-state index is 12.1. The van der Waals surface area contributed by atoms with Crippen molar-refractivity contribution in [1.29, 1.82) is 0 Å². The van der Waals surface area contributed by atoms with Gasteiger partial charge in [-0.15, -0.1) is 11.3 Å². The number of nitrogens with zero attached hydrogens (tertiary/aromatic N) is 1. The topological polar surface area (TPSA) is 97.8 Å². The van der Waals surface area contributed by atoms with Crippen molar-refractivity contribution in [2.45, 2.75) is 20.0 Å². The molecule has 0 bridgehead atoms. The van der Waals surface area contributed by atoms with Crippen molar-refractivity contribution in [2.75, 3.05) is 12.4 Å². The van der Waals surface area contributed by atoms with Crippen LogP contribution in [0.15, 0.2) is 53.9 Å². The predicted octanol–water partition coefficient (Wildman–Crippen LogP) is 4.32. The minimum atomic E-state index is -0.969. The molecule has 0 atom stereocenters. The van der Waals surface area contributed by atoms with E-state index in [4.69, 9.17) is 14.6 Å². The molecule has 0 aliphatic carbocycles. The number of carbonyl (C=O) groups is 2. The summed E-state index contributed by atoms with van der Waals surface area (Å²) < 4.78 is 11.3. The molecular weight excluding hydrogens is 416 g/mol. The third-order valence-corrected chi connectivity index (χ3v) is 5.18. The Hall–Kier alpha value is -3.65. The van der Waals surface area contributed by atoms with Gasteiger partial charge in [-0.1, -0.05) is 30.3 Å². The average Bonchev–Trinajstić information content (AvgIpc) is 3.17. The van der Waals surface area contributed by atoms with Gasteiger partial charge in [0.05, 0.1) is 19.2 Å². The molecule has 0 saturated heterocycles. The maximum Gasteiger partial charge on any atom is 0.309 e. The number of ether oxygens (including phenoxy) is 2. The molecule has 31 heavy (non-hydrogen) atoms. The van der Waals surface area contributed by atoms with E-state index in [1.165, 1.54) is 17.4 Å². The number of carboxylic acid groups (broad SMARTS) is 1. The number of nitrogens with one attached hydrogen (secondary N) is 1. The van der Waals surface area contributed by atoms with Crippen LogP contribution in [-0.2, 0) is 22.6 Å². The summed E-state index contributed by atoms with van der Waals surface area (Å²) >= 11 is 1.18. The van der Waals surface area contributed by atoms with Crippen LogP contribution >= 0.6 is 11.3 Å². The molecule has 2 N–H and O–H groups in total. The van der Waals surface area contributed by atoms with E-state index in [0.717, 1.165) is 16.7 Å². The monoisotopic (exact) mass is 438 g/mol. The minimum absolute atomic E-state index is 0.180. The second-order valence-electron chi connectivity index (χ2n) is 6.66. The number of methoxy groups -OCH3 is 1. The number of amides is 1. The van der Waals surface area contributed by atoms with Crippen LogP contribution in [-0.4, -0.2) is 29.1 Å². The lowest BCUT2D eigenvalue weighted by atomic mass is 10.1. The number of aryl methyl sites for hydroxylation is 1. The lowest BCUT2D eigenvalue weighted by molar-refractivity contribution is -0.136. The van der Waals surface area contributed by atoms with Crippen molar-refractivity contribution in [3.63, 3.8) is 0 Å². The van der Waals surface area contributed by atoms with Gasteiger partial charge in [-0.2, -0.15) is 0 Å². The van der Waals surface area contributed by atoms with Gasteiger partial charge in [0.15, 0.2) is 16.6 Å². The van der Waals surface area contributed by atoms with Crippen LogP contribution in [0, 0.1) is 6.92 Å². The van der Waals surface area contributed by atoms with Crippen LogP contribution < -0.4 is 14.8 Å². The summed E-state index contributed by atoms with van der Waals surface area (Å²) in [7, 11) is 1.56. The zero-order valence-electron chi connectivity index (χ0n) is 17.1. The highest BCUT2D eigenvalue weighted by molar-refractivity contribution is 7.14. The quantitative estimate of drug-likeness (QED) is 0.483. The summed E-state index contributed by atoms with van der Waals surface area (Å²) in [6.45, 7) is 2.46. The van der Waals surface area contributed by atoms with Crippen molar-refractivity contribution in [3.8, 4) is 11.5 Å². The Kier molecular flexibility index (Phi) is 7.40. The van der Waals surface area contributed by atoms with E-state index < -0.39 is 5.97 Å². The number of hydrogen-bond donors (Lipinski definition) is 2. The summed E-state index contributed by atoms with van der Waals surface area (Å²) in [5.74, 6) is -0.158. The fraction of sp³-hybridized carbons (Fsp3) is 0.174. The summed E-state index contributed by atoms with van der Waals surface area (Å²) in [5, 5.41) is 13.4. The summed E-state index contributed by atoms with van der Waals surface area (Å²) in [6, 6.07) is 13.4. The SMILES string of the molecule is COc1cc(/C=C/C(=O)Nc2nc(CC(=O)O)cs2)ccc1OCc1ccccc1C. The zero-order chi connectivity index (χ0) is 22.2. The maximum absolute atomic E-state index is 12.1. The number of anilines is 1. The van der Waals surface area contributed by atoms with Crippen LogP contribution in [0.3, 0.4) is 0 Å². The first-order valence-electron chi connectivity index (χ1n) is 9.45. The van der Waals surface area contributed by atoms with E-state index in [9.17, 15) is 9.59 Å². The van der Waals surface area contributed by atoms with Crippen molar-refractivity contribution in [3.05, 3.63) is 76.3 Å². The molecule has 3 rings (SSSR count). The van der Waals surface area contributed by atoms with E-state index in [2.05, 4.69) is 10.3 Å². The average molecular weight is 439 g/mol. The van der Waals surface area contributed by atoms with Crippen LogP contribution in [0.25, 0.3) is 6.08 Å². The highest BCUT2D eigenvalue weighted by Crippen LogP contribution is 2.29. The molecule has 3 aromatic rings. The third-order valence-electron chi connectivity index (χ3n) is 4.37. The van der Waals surface area contributed by atoms with Crippen molar-refractivity contribution in [2.24, 2.45) is 0 Å². The Morgan fingerprint density at radius 1 is 1.19 bits per heavy atom. The normalized spacial score (nSPS) is 10.8. The Labute approximate surface area is 184 Å². The van der Waals surface area contributed by atoms with Gasteiger partial charge in [0, 0.05) is 11.5 Å². The van der Waals surface area contributed by atoms with E-state index >= 15 is 0 Å². The number of hydrogen-bond acceptors (Lipinski definition) is 6. The fourth-order valence-electron chi connectivity index (χ4n) is 2.75. The van der Waals surface area contributed by atoms with Gasteiger partial charge in [-0.05, 0) is 41.8 Å². The molecule has 0 fully saturated rings. The fourth-order valence-corrected chi connectivity index (χ4v) is 3.47. The Morgan fingerprint density at radius 2 is 2.00 bits per heavy atom. The molecule has 0 unspecified atom stereocenters. The largest absolute Gasteiger partial charge is 0.493 e. The Morgan fingerprint density at radius 3 is 2.74 bits per heavy atom. The van der Waals surface area contributed by atoms with Gasteiger partial charge in [-0.25, -0.2) is 4.98 Å². The highest BCUT2D eigenvalue weighted by atomic mass is 32.1. The highest BCUT2D eigenvalue weighted by Gasteiger charge is 2.09. The number of thiazole rings is 1. The first-order valence-corrected chi connectivity index (χ1v) is 10.3. The van der Waals surface area contributed by atoms with Gasteiger partial charge >= 0.3 is 5.97 Å². The lowest BCUT2D eigenvalue weighted by Gasteiger charge is -2.12. The Balaban J connectivity index is 1.61. The minimum Gasteiger partial charge on any atom is -0.493 e. The van der Waals surface area contributed by atoms with Crippen LogP contribution in [0.2, 0.25) is 0 Å². The molecule has 1 aromatic heterocycles. The van der Waals surface area contributed by atoms with E-state index in [-0.39, 0.29) is 12.3 Å². The number of carboxylic acids is 1. The first kappa shape index (κ1) is 22.0. The van der Waals surface area contributed by atoms with Gasteiger partial charge in [0.1, 0.15) is 6.61 Å². The van der Waals surface area contributed by atoms with Crippen LogP contribution in [0.4, 0.5) is 5.13 Å². The summed E-state index contributed by atoms with van der Waals surface area (Å²) in [4.78, 5) is 26.9. The number of carbonyl (C=O) groups excluding carboxylic acids is 1. The molecule has 160 valence electrons. The standard InChI is InChI=1S/C23H22N2O5S/c1-15-5-3-4-6-17(15)13-30-19-9-7-16(11-20(19)29-2)8-10-21(26)25-23-24-18(14-31-23)12-22(27)28/h3-11,14H,12-13H2,1-2H3,(H,27,28)(H,24,25,26)/b10-8+. The number of benzene rings is 2. The van der Waals surface area contributed by atoms with E-state index in [1.807, 2.05) is 37.3 Å². The number of aliphatic carboxylic acids is 1. The van der Waals surface area contributed by atoms with Crippen molar-refractivity contribution >= 4 is 34.4 Å². The third kappa shape index (κ3) is 6.42. The van der Waals surface area contributed by atoms with E-state index in [0.29, 0.717) is 28.9 Å².